The fourth-order valence-electron chi connectivity index (χ4n) is 3.94. The van der Waals surface area contributed by atoms with Gasteiger partial charge >= 0.3 is 6.18 Å². The predicted molar refractivity (Wildman–Crippen MR) is 105 cm³/mol. The molecule has 5 nitrogen and oxygen atoms in total. The van der Waals surface area contributed by atoms with Crippen LogP contribution in [0.25, 0.3) is 11.0 Å². The van der Waals surface area contributed by atoms with E-state index < -0.39 is 27.5 Å². The molecule has 0 amide bonds. The number of halogens is 3. The molecule has 2 aromatic heterocycles. The quantitative estimate of drug-likeness (QED) is 0.525. The van der Waals surface area contributed by atoms with Crippen LogP contribution in [0.5, 0.6) is 0 Å². The van der Waals surface area contributed by atoms with E-state index in [0.29, 0.717) is 6.20 Å². The van der Waals surface area contributed by atoms with E-state index >= 15 is 0 Å². The molecule has 9 heteroatoms. The third-order valence-electron chi connectivity index (χ3n) is 5.44. The van der Waals surface area contributed by atoms with Crippen LogP contribution in [0.4, 0.5) is 13.2 Å². The van der Waals surface area contributed by atoms with Gasteiger partial charge in [0, 0.05) is 18.0 Å². The average molecular weight is 436 g/mol. The molecular weight excluding hydrogens is 417 g/mol. The van der Waals surface area contributed by atoms with Gasteiger partial charge < -0.3 is 0 Å². The van der Waals surface area contributed by atoms with Gasteiger partial charge in [-0.1, -0.05) is 43.9 Å². The van der Waals surface area contributed by atoms with Crippen LogP contribution in [-0.4, -0.2) is 23.2 Å². The first-order valence-corrected chi connectivity index (χ1v) is 11.0. The summed E-state index contributed by atoms with van der Waals surface area (Å²) in [5.41, 5.74) is -1.35. The SMILES string of the molecule is O=C(CC1CCCC1)c1cc2cc(C(F)(F)F)cnc2n1S(=O)(=O)c1ccccc1. The number of alkyl halides is 3. The lowest BCUT2D eigenvalue weighted by atomic mass is 10.00. The van der Waals surface area contributed by atoms with Crippen LogP contribution in [0, 0.1) is 5.92 Å². The van der Waals surface area contributed by atoms with Crippen molar-refractivity contribution in [3.63, 3.8) is 0 Å². The fraction of sp³-hybridized carbons (Fsp3) is 0.333. The molecule has 1 fully saturated rings. The van der Waals surface area contributed by atoms with Crippen LogP contribution in [-0.2, 0) is 16.2 Å². The molecule has 1 aliphatic rings. The Morgan fingerprint density at radius 3 is 2.40 bits per heavy atom. The van der Waals surface area contributed by atoms with Gasteiger partial charge in [0.05, 0.1) is 10.5 Å². The van der Waals surface area contributed by atoms with E-state index in [1.807, 2.05) is 0 Å². The summed E-state index contributed by atoms with van der Waals surface area (Å²) < 4.78 is 66.7. The molecule has 1 aromatic carbocycles. The Morgan fingerprint density at radius 2 is 1.77 bits per heavy atom. The first-order valence-electron chi connectivity index (χ1n) is 9.60. The van der Waals surface area contributed by atoms with Crippen LogP contribution in [0.3, 0.4) is 0 Å². The molecule has 1 saturated carbocycles. The number of Topliss-reactive ketones (excluding diaryl/α,β-unsaturated/α-hetero) is 1. The molecule has 0 bridgehead atoms. The van der Waals surface area contributed by atoms with Crippen molar-refractivity contribution in [2.45, 2.75) is 43.2 Å². The van der Waals surface area contributed by atoms with Crippen LogP contribution in [0.1, 0.15) is 48.2 Å². The molecule has 0 radical (unpaired) electrons. The zero-order valence-electron chi connectivity index (χ0n) is 15.9. The van der Waals surface area contributed by atoms with Crippen molar-refractivity contribution in [1.82, 2.24) is 8.96 Å². The van der Waals surface area contributed by atoms with Crippen LogP contribution >= 0.6 is 0 Å². The number of nitrogens with zero attached hydrogens (tertiary/aromatic N) is 2. The smallest absolute Gasteiger partial charge is 0.292 e. The monoisotopic (exact) mass is 436 g/mol. The summed E-state index contributed by atoms with van der Waals surface area (Å²) in [4.78, 5) is 16.7. The van der Waals surface area contributed by atoms with Gasteiger partial charge in [0.2, 0.25) is 0 Å². The minimum atomic E-state index is -4.63. The highest BCUT2D eigenvalue weighted by atomic mass is 32.2. The summed E-state index contributed by atoms with van der Waals surface area (Å²) in [5, 5.41) is -0.0425. The molecule has 158 valence electrons. The van der Waals surface area contributed by atoms with E-state index in [1.165, 1.54) is 30.3 Å². The Balaban J connectivity index is 1.90. The summed E-state index contributed by atoms with van der Waals surface area (Å²) in [6.07, 6.45) is -0.0891. The van der Waals surface area contributed by atoms with Gasteiger partial charge in [-0.05, 0) is 30.2 Å². The van der Waals surface area contributed by atoms with Crippen molar-refractivity contribution in [1.29, 1.82) is 0 Å². The Bertz CT molecular complexity index is 1200. The summed E-state index contributed by atoms with van der Waals surface area (Å²) in [7, 11) is -4.23. The lowest BCUT2D eigenvalue weighted by Crippen LogP contribution is -2.20. The second kappa shape index (κ2) is 7.54. The van der Waals surface area contributed by atoms with E-state index in [2.05, 4.69) is 4.98 Å². The zero-order chi connectivity index (χ0) is 21.5. The molecule has 0 unspecified atom stereocenters. The van der Waals surface area contributed by atoms with E-state index in [4.69, 9.17) is 0 Å². The van der Waals surface area contributed by atoms with Gasteiger partial charge in [0.15, 0.2) is 11.4 Å². The molecule has 3 aromatic rings. The van der Waals surface area contributed by atoms with Gasteiger partial charge in [-0.3, -0.25) is 4.79 Å². The van der Waals surface area contributed by atoms with E-state index in [9.17, 15) is 26.4 Å². The lowest BCUT2D eigenvalue weighted by Gasteiger charge is -2.13. The maximum atomic E-state index is 13.3. The fourth-order valence-corrected chi connectivity index (χ4v) is 5.45. The van der Waals surface area contributed by atoms with Crippen LogP contribution in [0.15, 0.2) is 53.6 Å². The van der Waals surface area contributed by atoms with Gasteiger partial charge in [-0.15, -0.1) is 0 Å². The standard InChI is InChI=1S/C21H19F3N2O3S/c22-21(23,24)16-11-15-12-18(19(27)10-14-6-4-5-7-14)26(20(15)25-13-16)30(28,29)17-8-2-1-3-9-17/h1-3,8-9,11-14H,4-7,10H2. The van der Waals surface area contributed by atoms with Crippen molar-refractivity contribution in [2.24, 2.45) is 5.92 Å². The number of rotatable bonds is 5. The minimum absolute atomic E-state index is 0.0425. The number of aromatic nitrogens is 2. The molecule has 2 heterocycles. The van der Waals surface area contributed by atoms with E-state index in [-0.39, 0.29) is 34.0 Å². The summed E-state index contributed by atoms with van der Waals surface area (Å²) in [6.45, 7) is 0. The van der Waals surface area contributed by atoms with Crippen molar-refractivity contribution in [3.8, 4) is 0 Å². The summed E-state index contributed by atoms with van der Waals surface area (Å²) in [6, 6.07) is 9.49. The van der Waals surface area contributed by atoms with Crippen molar-refractivity contribution in [2.75, 3.05) is 0 Å². The zero-order valence-corrected chi connectivity index (χ0v) is 16.7. The molecule has 0 N–H and O–H groups in total. The Kier molecular flexibility index (Phi) is 5.17. The third kappa shape index (κ3) is 3.74. The molecule has 4 rings (SSSR count). The molecule has 0 saturated heterocycles. The number of fused-ring (bicyclic) bond motifs is 1. The molecule has 1 aliphatic carbocycles. The van der Waals surface area contributed by atoms with Crippen LogP contribution in [0.2, 0.25) is 0 Å². The molecular formula is C21H19F3N2O3S. The summed E-state index contributed by atoms with van der Waals surface area (Å²) in [5.74, 6) is -0.255. The molecule has 0 spiro atoms. The first kappa shape index (κ1) is 20.6. The van der Waals surface area contributed by atoms with E-state index in [1.54, 1.807) is 6.07 Å². The largest absolute Gasteiger partial charge is 0.417 e. The van der Waals surface area contributed by atoms with Gasteiger partial charge in [-0.25, -0.2) is 17.4 Å². The predicted octanol–water partition coefficient (Wildman–Crippen LogP) is 5.06. The van der Waals surface area contributed by atoms with Gasteiger partial charge in [-0.2, -0.15) is 13.2 Å². The number of hydrogen-bond acceptors (Lipinski definition) is 4. The number of carbonyl (C=O) groups is 1. The maximum absolute atomic E-state index is 13.3. The minimum Gasteiger partial charge on any atom is -0.292 e. The normalized spacial score (nSPS) is 15.7. The Hall–Kier alpha value is -2.68. The van der Waals surface area contributed by atoms with E-state index in [0.717, 1.165) is 35.7 Å². The van der Waals surface area contributed by atoms with Crippen molar-refractivity contribution >= 4 is 26.8 Å². The van der Waals surface area contributed by atoms with Gasteiger partial charge in [0.25, 0.3) is 10.0 Å². The molecule has 30 heavy (non-hydrogen) atoms. The number of pyridine rings is 1. The lowest BCUT2D eigenvalue weighted by molar-refractivity contribution is -0.137. The summed E-state index contributed by atoms with van der Waals surface area (Å²) >= 11 is 0. The molecule has 0 aliphatic heterocycles. The van der Waals surface area contributed by atoms with Crippen molar-refractivity contribution in [3.05, 3.63) is 59.9 Å². The highest BCUT2D eigenvalue weighted by Gasteiger charge is 2.33. The van der Waals surface area contributed by atoms with Crippen LogP contribution < -0.4 is 0 Å². The maximum Gasteiger partial charge on any atom is 0.417 e. The second-order valence-electron chi connectivity index (χ2n) is 7.52. The topological polar surface area (TPSA) is 69.0 Å². The third-order valence-corrected chi connectivity index (χ3v) is 7.16. The number of ketones is 1. The second-order valence-corrected chi connectivity index (χ2v) is 9.31. The highest BCUT2D eigenvalue weighted by molar-refractivity contribution is 7.90. The average Bonchev–Trinajstić information content (AvgIpc) is 3.35. The van der Waals surface area contributed by atoms with Gasteiger partial charge in [0.1, 0.15) is 5.69 Å². The first-order chi connectivity index (χ1) is 14.2. The Morgan fingerprint density at radius 1 is 1.10 bits per heavy atom. The van der Waals surface area contributed by atoms with Crippen molar-refractivity contribution < 1.29 is 26.4 Å². The number of benzene rings is 1. The number of carbonyl (C=O) groups excluding carboxylic acids is 1. The highest BCUT2D eigenvalue weighted by Crippen LogP contribution is 2.34. The Labute approximate surface area is 171 Å². The molecule has 0 atom stereocenters. The number of hydrogen-bond donors (Lipinski definition) is 0.